The van der Waals surface area contributed by atoms with Crippen LogP contribution in [0.5, 0.6) is 5.75 Å². The van der Waals surface area contributed by atoms with Crippen molar-refractivity contribution in [3.8, 4) is 5.75 Å². The van der Waals surface area contributed by atoms with Gasteiger partial charge in [-0.3, -0.25) is 19.2 Å². The summed E-state index contributed by atoms with van der Waals surface area (Å²) in [6, 6.07) is 5.94. The molecule has 2 saturated heterocycles. The van der Waals surface area contributed by atoms with Gasteiger partial charge in [0.05, 0.1) is 39.0 Å². The fourth-order valence-corrected chi connectivity index (χ4v) is 6.24. The lowest BCUT2D eigenvalue weighted by Gasteiger charge is -2.52. The number of nitrogens with one attached hydrogen (secondary N) is 2. The number of allylic oxidation sites excluding steroid dienone is 1. The summed E-state index contributed by atoms with van der Waals surface area (Å²) in [5, 5.41) is 5.86. The second-order valence-electron chi connectivity index (χ2n) is 12.7. The molecule has 4 unspecified atom stereocenters. The van der Waals surface area contributed by atoms with E-state index in [1.807, 2.05) is 24.3 Å². The first-order chi connectivity index (χ1) is 19.6. The third-order valence-corrected chi connectivity index (χ3v) is 9.18. The zero-order chi connectivity index (χ0) is 29.2. The van der Waals surface area contributed by atoms with Gasteiger partial charge in [-0.1, -0.05) is 23.8 Å². The van der Waals surface area contributed by atoms with Crippen molar-refractivity contribution < 1.29 is 33.4 Å². The molecule has 222 valence electrons. The maximum atomic E-state index is 13.8. The zero-order valence-electron chi connectivity index (χ0n) is 24.3. The lowest BCUT2D eigenvalue weighted by molar-refractivity contribution is -0.184. The van der Waals surface area contributed by atoms with Crippen molar-refractivity contribution >= 4 is 23.4 Å². The van der Waals surface area contributed by atoms with Gasteiger partial charge in [0.25, 0.3) is 0 Å². The van der Waals surface area contributed by atoms with Crippen LogP contribution in [-0.4, -0.2) is 68.0 Å². The number of ether oxygens (including phenoxy) is 3. The Kier molecular flexibility index (Phi) is 8.66. The van der Waals surface area contributed by atoms with E-state index in [1.54, 1.807) is 21.0 Å². The highest BCUT2D eigenvalue weighted by molar-refractivity contribution is 5.98. The molecular formula is C32H42N2O7. The van der Waals surface area contributed by atoms with Crippen molar-refractivity contribution in [3.05, 3.63) is 41.5 Å². The molecule has 9 nitrogen and oxygen atoms in total. The Hall–Kier alpha value is -3.04. The summed E-state index contributed by atoms with van der Waals surface area (Å²) in [5.74, 6) is -0.935. The summed E-state index contributed by atoms with van der Waals surface area (Å²) in [5.41, 5.74) is 1.32. The fraction of sp³-hybridized carbons (Fsp3) is 0.625. The number of methoxy groups -OCH3 is 1. The minimum atomic E-state index is -0.872. The van der Waals surface area contributed by atoms with Gasteiger partial charge in [-0.05, 0) is 76.5 Å². The summed E-state index contributed by atoms with van der Waals surface area (Å²) in [4.78, 5) is 53.2. The summed E-state index contributed by atoms with van der Waals surface area (Å²) in [6.45, 7) is 5.19. The summed E-state index contributed by atoms with van der Waals surface area (Å²) < 4.78 is 16.0. The SMILES string of the molecule is COc1ccc(CC(CC(=O)C(C)NC(=O)C2CC3(COC3)C2)C(=O)NC(CC2=CCCC2)C(=O)C2(C)CO2)cc1. The monoisotopic (exact) mass is 566 g/mol. The first-order valence-electron chi connectivity index (χ1n) is 14.8. The molecule has 1 aromatic carbocycles. The molecule has 2 heterocycles. The quantitative estimate of drug-likeness (QED) is 0.262. The molecule has 4 atom stereocenters. The molecule has 41 heavy (non-hydrogen) atoms. The number of amides is 2. The topological polar surface area (TPSA) is 123 Å². The van der Waals surface area contributed by atoms with Crippen molar-refractivity contribution in [1.29, 1.82) is 0 Å². The molecule has 5 rings (SSSR count). The first-order valence-corrected chi connectivity index (χ1v) is 14.8. The Bertz CT molecular complexity index is 1190. The Morgan fingerprint density at radius 3 is 2.32 bits per heavy atom. The summed E-state index contributed by atoms with van der Waals surface area (Å²) in [7, 11) is 1.59. The van der Waals surface area contributed by atoms with Crippen LogP contribution >= 0.6 is 0 Å². The number of Topliss-reactive ketones (excluding diaryl/α,β-unsaturated/α-hetero) is 2. The summed E-state index contributed by atoms with van der Waals surface area (Å²) in [6.07, 6.45) is 7.37. The van der Waals surface area contributed by atoms with E-state index in [9.17, 15) is 19.2 Å². The third-order valence-electron chi connectivity index (χ3n) is 9.18. The smallest absolute Gasteiger partial charge is 0.224 e. The minimum absolute atomic E-state index is 0.0564. The van der Waals surface area contributed by atoms with Crippen molar-refractivity contribution in [2.75, 3.05) is 26.9 Å². The normalized spacial score (nSPS) is 24.7. The number of benzene rings is 1. The van der Waals surface area contributed by atoms with E-state index in [2.05, 4.69) is 16.7 Å². The standard InChI is InChI=1S/C32H42N2O7/c1-20(33-30(38)24-15-32(16-24)18-40-19-32)27(35)14-23(12-22-8-10-25(39-3)11-9-22)29(37)34-26(13-21-6-4-5-7-21)28(36)31(2)17-41-31/h6,8-11,20,23-24,26H,4-5,7,12-19H2,1-3H3,(H,33,38)(H,34,37). The predicted molar refractivity (Wildman–Crippen MR) is 151 cm³/mol. The van der Waals surface area contributed by atoms with Gasteiger partial charge in [-0.2, -0.15) is 0 Å². The molecule has 2 aliphatic carbocycles. The fourth-order valence-electron chi connectivity index (χ4n) is 6.24. The highest BCUT2D eigenvalue weighted by Crippen LogP contribution is 2.50. The van der Waals surface area contributed by atoms with Gasteiger partial charge in [0.15, 0.2) is 11.6 Å². The van der Waals surface area contributed by atoms with Crippen LogP contribution in [0.3, 0.4) is 0 Å². The third kappa shape index (κ3) is 6.89. The van der Waals surface area contributed by atoms with E-state index in [0.29, 0.717) is 38.4 Å². The summed E-state index contributed by atoms with van der Waals surface area (Å²) >= 11 is 0. The van der Waals surface area contributed by atoms with E-state index in [-0.39, 0.29) is 41.1 Å². The second kappa shape index (κ2) is 12.1. The molecule has 3 fully saturated rings. The minimum Gasteiger partial charge on any atom is -0.497 e. The molecule has 9 heteroatoms. The second-order valence-corrected chi connectivity index (χ2v) is 12.7. The van der Waals surface area contributed by atoms with Crippen molar-refractivity contribution in [2.45, 2.75) is 82.9 Å². The van der Waals surface area contributed by atoms with Crippen LogP contribution in [0.2, 0.25) is 0 Å². The maximum absolute atomic E-state index is 13.8. The first kappa shape index (κ1) is 29.5. The number of carbonyl (C=O) groups excluding carboxylic acids is 4. The molecule has 0 radical (unpaired) electrons. The molecule has 2 N–H and O–H groups in total. The zero-order valence-corrected chi connectivity index (χ0v) is 24.3. The molecule has 1 spiro atoms. The van der Waals surface area contributed by atoms with Crippen molar-refractivity contribution in [2.24, 2.45) is 17.3 Å². The molecule has 1 aromatic rings. The van der Waals surface area contributed by atoms with Gasteiger partial charge in [0.2, 0.25) is 11.8 Å². The van der Waals surface area contributed by atoms with Crippen LogP contribution in [0.1, 0.15) is 64.4 Å². The van der Waals surface area contributed by atoms with Gasteiger partial charge in [-0.15, -0.1) is 0 Å². The molecular weight excluding hydrogens is 524 g/mol. The highest BCUT2D eigenvalue weighted by atomic mass is 16.6. The van der Waals surface area contributed by atoms with Crippen LogP contribution in [-0.2, 0) is 35.1 Å². The average Bonchev–Trinajstić information content (AvgIpc) is 3.44. The van der Waals surface area contributed by atoms with Gasteiger partial charge < -0.3 is 24.8 Å². The van der Waals surface area contributed by atoms with E-state index in [4.69, 9.17) is 14.2 Å². The van der Waals surface area contributed by atoms with E-state index >= 15 is 0 Å². The number of rotatable bonds is 14. The average molecular weight is 567 g/mol. The van der Waals surface area contributed by atoms with Gasteiger partial charge in [0, 0.05) is 23.7 Å². The van der Waals surface area contributed by atoms with Crippen LogP contribution in [0.15, 0.2) is 35.9 Å². The molecule has 4 aliphatic rings. The molecule has 1 saturated carbocycles. The van der Waals surface area contributed by atoms with Crippen molar-refractivity contribution in [3.63, 3.8) is 0 Å². The number of carbonyl (C=O) groups is 4. The van der Waals surface area contributed by atoms with E-state index < -0.39 is 23.6 Å². The van der Waals surface area contributed by atoms with Gasteiger partial charge in [0.1, 0.15) is 11.4 Å². The Labute approximate surface area is 241 Å². The van der Waals surface area contributed by atoms with E-state index in [1.165, 1.54) is 5.57 Å². The Balaban J connectivity index is 1.26. The number of hydrogen-bond donors (Lipinski definition) is 2. The van der Waals surface area contributed by atoms with Gasteiger partial charge >= 0.3 is 0 Å². The lowest BCUT2D eigenvalue weighted by Crippen LogP contribution is -2.57. The van der Waals surface area contributed by atoms with Crippen LogP contribution in [0.4, 0.5) is 0 Å². The number of hydrogen-bond acceptors (Lipinski definition) is 7. The number of epoxide rings is 1. The Morgan fingerprint density at radius 1 is 1.05 bits per heavy atom. The van der Waals surface area contributed by atoms with Crippen LogP contribution in [0.25, 0.3) is 0 Å². The van der Waals surface area contributed by atoms with Crippen LogP contribution in [0, 0.1) is 17.3 Å². The largest absolute Gasteiger partial charge is 0.497 e. The molecule has 0 aromatic heterocycles. The van der Waals surface area contributed by atoms with Gasteiger partial charge in [-0.25, -0.2) is 0 Å². The maximum Gasteiger partial charge on any atom is 0.224 e. The molecule has 2 aliphatic heterocycles. The lowest BCUT2D eigenvalue weighted by atomic mass is 9.60. The van der Waals surface area contributed by atoms with Crippen molar-refractivity contribution in [1.82, 2.24) is 10.6 Å². The predicted octanol–water partition coefficient (Wildman–Crippen LogP) is 3.09. The van der Waals surface area contributed by atoms with E-state index in [0.717, 1.165) is 37.7 Å². The highest BCUT2D eigenvalue weighted by Gasteiger charge is 2.52. The molecule has 0 bridgehead atoms. The number of ketones is 2. The Morgan fingerprint density at radius 2 is 1.76 bits per heavy atom. The molecule has 2 amide bonds. The van der Waals surface area contributed by atoms with Crippen LogP contribution < -0.4 is 15.4 Å².